The first-order chi connectivity index (χ1) is 6.36. The second kappa shape index (κ2) is 8.04. The lowest BCUT2D eigenvalue weighted by atomic mass is 10.2. The van der Waals surface area contributed by atoms with Crippen molar-refractivity contribution in [3.05, 3.63) is 24.3 Å². The molecule has 0 spiro atoms. The molecule has 0 bridgehead atoms. The molecule has 0 aliphatic carbocycles. The van der Waals surface area contributed by atoms with E-state index in [-0.39, 0.29) is 11.1 Å². The summed E-state index contributed by atoms with van der Waals surface area (Å²) in [7, 11) is 0. The third-order valence-corrected chi connectivity index (χ3v) is 1.46. The average Bonchev–Trinajstić information content (AvgIpc) is 2.15. The van der Waals surface area contributed by atoms with Gasteiger partial charge in [0, 0.05) is 11.1 Å². The minimum atomic E-state index is -0.900. The van der Waals surface area contributed by atoms with Gasteiger partial charge in [-0.2, -0.15) is 0 Å². The van der Waals surface area contributed by atoms with E-state index in [1.165, 1.54) is 0 Å². The normalized spacial score (nSPS) is 8.14. The van der Waals surface area contributed by atoms with E-state index in [9.17, 15) is 9.59 Å². The summed E-state index contributed by atoms with van der Waals surface area (Å²) in [5, 5.41) is 16.2. The Bertz CT molecular complexity index is 215. The van der Waals surface area contributed by atoms with Gasteiger partial charge in [0.1, 0.15) is 0 Å². The van der Waals surface area contributed by atoms with Crippen LogP contribution < -0.4 is 0 Å². The van der Waals surface area contributed by atoms with E-state index >= 15 is 0 Å². The molecule has 0 amide bonds. The predicted octanol–water partition coefficient (Wildman–Crippen LogP) is 2.07. The van der Waals surface area contributed by atoms with Crippen molar-refractivity contribution < 1.29 is 19.8 Å². The number of hydrogen-bond donors (Lipinski definition) is 2. The number of carboxylic acid groups (broad SMARTS) is 2. The molecule has 4 nitrogen and oxygen atoms in total. The molecule has 4 heteroatoms. The monoisotopic (exact) mass is 200 g/mol. The lowest BCUT2D eigenvalue weighted by Crippen LogP contribution is -1.95. The van der Waals surface area contributed by atoms with Crippen LogP contribution in [0.3, 0.4) is 0 Å². The average molecular weight is 200 g/mol. The SMILES string of the molecule is C=C(CC)C(=O)O.C=C(CC)C(=O)O. The van der Waals surface area contributed by atoms with Gasteiger partial charge in [-0.15, -0.1) is 0 Å². The zero-order chi connectivity index (χ0) is 11.7. The zero-order valence-corrected chi connectivity index (χ0v) is 8.54. The molecule has 0 aromatic heterocycles. The van der Waals surface area contributed by atoms with E-state index in [0.29, 0.717) is 12.8 Å². The summed E-state index contributed by atoms with van der Waals surface area (Å²) in [5.41, 5.74) is 0.528. The summed E-state index contributed by atoms with van der Waals surface area (Å²) in [4.78, 5) is 19.7. The minimum absolute atomic E-state index is 0.264. The first kappa shape index (κ1) is 14.9. The molecule has 0 unspecified atom stereocenters. The minimum Gasteiger partial charge on any atom is -0.478 e. The number of aliphatic carboxylic acids is 2. The van der Waals surface area contributed by atoms with Crippen LogP contribution in [0.4, 0.5) is 0 Å². The topological polar surface area (TPSA) is 74.6 Å². The van der Waals surface area contributed by atoms with Crippen molar-refractivity contribution >= 4 is 11.9 Å². The van der Waals surface area contributed by atoms with Gasteiger partial charge in [0.25, 0.3) is 0 Å². The van der Waals surface area contributed by atoms with Crippen LogP contribution in [-0.4, -0.2) is 22.2 Å². The fourth-order valence-electron chi connectivity index (χ4n) is 0.302. The Labute approximate surface area is 83.6 Å². The van der Waals surface area contributed by atoms with Gasteiger partial charge in [0.2, 0.25) is 0 Å². The van der Waals surface area contributed by atoms with Crippen molar-refractivity contribution in [3.63, 3.8) is 0 Å². The maximum absolute atomic E-state index is 9.83. The standard InChI is InChI=1S/2C5H8O2/c2*1-3-4(2)5(6)7/h2*2-3H2,1H3,(H,6,7). The fraction of sp³-hybridized carbons (Fsp3) is 0.400. The molecule has 0 radical (unpaired) electrons. The molecular weight excluding hydrogens is 184 g/mol. The van der Waals surface area contributed by atoms with Crippen molar-refractivity contribution in [1.29, 1.82) is 0 Å². The van der Waals surface area contributed by atoms with E-state index in [1.807, 2.05) is 0 Å². The van der Waals surface area contributed by atoms with Gasteiger partial charge in [-0.1, -0.05) is 27.0 Å². The number of hydrogen-bond acceptors (Lipinski definition) is 2. The van der Waals surface area contributed by atoms with Gasteiger partial charge in [0.05, 0.1) is 0 Å². The fourth-order valence-corrected chi connectivity index (χ4v) is 0.302. The molecule has 80 valence electrons. The van der Waals surface area contributed by atoms with Crippen molar-refractivity contribution in [1.82, 2.24) is 0 Å². The van der Waals surface area contributed by atoms with E-state index in [4.69, 9.17) is 10.2 Å². The summed E-state index contributed by atoms with van der Waals surface area (Å²) in [6.45, 7) is 10.1. The molecule has 0 aliphatic heterocycles. The molecule has 0 fully saturated rings. The number of rotatable bonds is 4. The maximum atomic E-state index is 9.83. The molecule has 0 aromatic carbocycles. The Morgan fingerprint density at radius 1 is 0.929 bits per heavy atom. The summed E-state index contributed by atoms with van der Waals surface area (Å²) in [5.74, 6) is -1.80. The van der Waals surface area contributed by atoms with Crippen molar-refractivity contribution in [2.24, 2.45) is 0 Å². The molecule has 0 atom stereocenters. The lowest BCUT2D eigenvalue weighted by molar-refractivity contribution is -0.133. The largest absolute Gasteiger partial charge is 0.478 e. The van der Waals surface area contributed by atoms with Crippen molar-refractivity contribution in [3.8, 4) is 0 Å². The highest BCUT2D eigenvalue weighted by atomic mass is 16.4. The second-order valence-corrected chi connectivity index (χ2v) is 2.52. The van der Waals surface area contributed by atoms with E-state index in [1.54, 1.807) is 13.8 Å². The van der Waals surface area contributed by atoms with Crippen LogP contribution in [0.25, 0.3) is 0 Å². The van der Waals surface area contributed by atoms with E-state index in [0.717, 1.165) is 0 Å². The first-order valence-electron chi connectivity index (χ1n) is 4.18. The molecular formula is C10H16O4. The third-order valence-electron chi connectivity index (χ3n) is 1.46. The van der Waals surface area contributed by atoms with Gasteiger partial charge in [-0.05, 0) is 12.8 Å². The summed E-state index contributed by atoms with van der Waals surface area (Å²) in [6, 6.07) is 0. The lowest BCUT2D eigenvalue weighted by Gasteiger charge is -1.87. The van der Waals surface area contributed by atoms with Crippen LogP contribution in [0, 0.1) is 0 Å². The van der Waals surface area contributed by atoms with Crippen LogP contribution in [0.1, 0.15) is 26.7 Å². The van der Waals surface area contributed by atoms with Crippen LogP contribution in [0.2, 0.25) is 0 Å². The summed E-state index contributed by atoms with van der Waals surface area (Å²) in [6.07, 6.45) is 1.05. The Morgan fingerprint density at radius 2 is 1.14 bits per heavy atom. The van der Waals surface area contributed by atoms with Crippen molar-refractivity contribution in [2.45, 2.75) is 26.7 Å². The smallest absolute Gasteiger partial charge is 0.330 e. The number of carbonyl (C=O) groups is 2. The quantitative estimate of drug-likeness (QED) is 0.681. The Morgan fingerprint density at radius 3 is 1.14 bits per heavy atom. The molecule has 14 heavy (non-hydrogen) atoms. The summed E-state index contributed by atoms with van der Waals surface area (Å²) < 4.78 is 0. The highest BCUT2D eigenvalue weighted by Crippen LogP contribution is 1.93. The summed E-state index contributed by atoms with van der Waals surface area (Å²) >= 11 is 0. The van der Waals surface area contributed by atoms with Gasteiger partial charge < -0.3 is 10.2 Å². The Kier molecular flexibility index (Phi) is 8.57. The van der Waals surface area contributed by atoms with Crippen LogP contribution in [0.15, 0.2) is 24.3 Å². The van der Waals surface area contributed by atoms with Crippen LogP contribution in [-0.2, 0) is 9.59 Å². The second-order valence-electron chi connectivity index (χ2n) is 2.52. The maximum Gasteiger partial charge on any atom is 0.330 e. The van der Waals surface area contributed by atoms with E-state index in [2.05, 4.69) is 13.2 Å². The first-order valence-corrected chi connectivity index (χ1v) is 4.18. The zero-order valence-electron chi connectivity index (χ0n) is 8.54. The third kappa shape index (κ3) is 8.52. The Hall–Kier alpha value is -1.58. The van der Waals surface area contributed by atoms with Gasteiger partial charge in [-0.3, -0.25) is 0 Å². The highest BCUT2D eigenvalue weighted by molar-refractivity contribution is 5.85. The molecule has 0 heterocycles. The molecule has 2 N–H and O–H groups in total. The van der Waals surface area contributed by atoms with Gasteiger partial charge in [0.15, 0.2) is 0 Å². The van der Waals surface area contributed by atoms with E-state index < -0.39 is 11.9 Å². The predicted molar refractivity (Wildman–Crippen MR) is 54.1 cm³/mol. The highest BCUT2D eigenvalue weighted by Gasteiger charge is 1.97. The molecule has 0 aliphatic rings. The molecule has 0 rings (SSSR count). The van der Waals surface area contributed by atoms with Crippen LogP contribution >= 0.6 is 0 Å². The molecule has 0 aromatic rings. The van der Waals surface area contributed by atoms with Gasteiger partial charge >= 0.3 is 11.9 Å². The molecule has 0 saturated heterocycles. The number of carboxylic acids is 2. The van der Waals surface area contributed by atoms with Crippen LogP contribution in [0.5, 0.6) is 0 Å². The molecule has 0 saturated carbocycles. The Balaban J connectivity index is 0. The van der Waals surface area contributed by atoms with Gasteiger partial charge in [-0.25, -0.2) is 9.59 Å². The van der Waals surface area contributed by atoms with Crippen molar-refractivity contribution in [2.75, 3.05) is 0 Å².